The van der Waals surface area contributed by atoms with Crippen LogP contribution in [0.15, 0.2) is 12.7 Å². The quantitative estimate of drug-likeness (QED) is 0.390. The molecule has 0 radical (unpaired) electrons. The van der Waals surface area contributed by atoms with E-state index in [2.05, 4.69) is 18.2 Å². The molecule has 0 aliphatic heterocycles. The number of esters is 1. The molecule has 0 aromatic heterocycles. The summed E-state index contributed by atoms with van der Waals surface area (Å²) in [4.78, 5) is 20.0. The van der Waals surface area contributed by atoms with Gasteiger partial charge in [0.15, 0.2) is 0 Å². The van der Waals surface area contributed by atoms with E-state index in [0.717, 1.165) is 18.9 Å². The zero-order valence-corrected chi connectivity index (χ0v) is 11.6. The van der Waals surface area contributed by atoms with E-state index < -0.39 is 11.9 Å². The van der Waals surface area contributed by atoms with Crippen LogP contribution in [0.5, 0.6) is 0 Å². The van der Waals surface area contributed by atoms with E-state index in [-0.39, 0.29) is 0 Å². The van der Waals surface area contributed by atoms with Crippen LogP contribution in [-0.4, -0.2) is 24.2 Å². The zero-order valence-electron chi connectivity index (χ0n) is 11.6. The zero-order chi connectivity index (χ0) is 14.2. The smallest absolute Gasteiger partial charge is 0.329 e. The van der Waals surface area contributed by atoms with Crippen molar-refractivity contribution in [3.63, 3.8) is 0 Å². The fourth-order valence-electron chi connectivity index (χ4n) is 1.32. The lowest BCUT2D eigenvalue weighted by Gasteiger charge is -1.98. The molecule has 0 bridgehead atoms. The molecule has 0 saturated heterocycles. The van der Waals surface area contributed by atoms with Gasteiger partial charge in [-0.3, -0.25) is 4.79 Å². The van der Waals surface area contributed by atoms with Crippen LogP contribution in [0.1, 0.15) is 58.3 Å². The second kappa shape index (κ2) is 15.7. The van der Waals surface area contributed by atoms with Crippen molar-refractivity contribution in [2.24, 2.45) is 0 Å². The van der Waals surface area contributed by atoms with Gasteiger partial charge in [0.05, 0.1) is 7.11 Å². The van der Waals surface area contributed by atoms with Crippen LogP contribution >= 0.6 is 0 Å². The molecule has 0 fully saturated rings. The van der Waals surface area contributed by atoms with Gasteiger partial charge in [-0.15, -0.1) is 0 Å². The first-order valence-corrected chi connectivity index (χ1v) is 6.50. The molecular formula is C14H26O4. The van der Waals surface area contributed by atoms with Crippen LogP contribution in [0.3, 0.4) is 0 Å². The van der Waals surface area contributed by atoms with Crippen LogP contribution in [0.25, 0.3) is 0 Å². The topological polar surface area (TPSA) is 63.6 Å². The summed E-state index contributed by atoms with van der Waals surface area (Å²) >= 11 is 0. The Morgan fingerprint density at radius 3 is 1.94 bits per heavy atom. The van der Waals surface area contributed by atoms with Crippen LogP contribution in [0, 0.1) is 0 Å². The summed E-state index contributed by atoms with van der Waals surface area (Å²) in [6, 6.07) is 0. The fraction of sp³-hybridized carbons (Fsp3) is 0.714. The molecule has 0 saturated carbocycles. The van der Waals surface area contributed by atoms with E-state index >= 15 is 0 Å². The predicted octanol–water partition coefficient (Wildman–Crippen LogP) is 3.56. The molecule has 18 heavy (non-hydrogen) atoms. The molecule has 0 atom stereocenters. The molecule has 0 heterocycles. The largest absolute Gasteiger partial charge is 0.481 e. The van der Waals surface area contributed by atoms with Gasteiger partial charge in [-0.25, -0.2) is 4.79 Å². The summed E-state index contributed by atoms with van der Waals surface area (Å²) in [5, 5.41) is 8.35. The average molecular weight is 258 g/mol. The van der Waals surface area contributed by atoms with Crippen molar-refractivity contribution in [1.82, 2.24) is 0 Å². The van der Waals surface area contributed by atoms with E-state index in [1.54, 1.807) is 0 Å². The summed E-state index contributed by atoms with van der Waals surface area (Å²) in [5.74, 6) is -1.06. The molecule has 0 aliphatic carbocycles. The summed E-state index contributed by atoms with van der Waals surface area (Å²) in [6.45, 7) is 5.36. The van der Waals surface area contributed by atoms with Gasteiger partial charge in [-0.1, -0.05) is 52.0 Å². The van der Waals surface area contributed by atoms with Gasteiger partial charge >= 0.3 is 11.9 Å². The number of carboxylic acid groups (broad SMARTS) is 1. The molecule has 4 heteroatoms. The number of carbonyl (C=O) groups is 2. The summed E-state index contributed by atoms with van der Waals surface area (Å²) in [5.41, 5.74) is 0. The van der Waals surface area contributed by atoms with Gasteiger partial charge in [0.1, 0.15) is 0 Å². The molecule has 0 aliphatic rings. The maximum absolute atomic E-state index is 10.1. The Kier molecular flexibility index (Phi) is 16.6. The van der Waals surface area contributed by atoms with Crippen molar-refractivity contribution in [1.29, 1.82) is 0 Å². The molecule has 1 N–H and O–H groups in total. The number of rotatable bonds is 9. The number of carbonyl (C=O) groups excluding carboxylic acids is 1. The molecular weight excluding hydrogens is 232 g/mol. The van der Waals surface area contributed by atoms with Crippen molar-refractivity contribution in [3.8, 4) is 0 Å². The maximum atomic E-state index is 10.1. The van der Waals surface area contributed by atoms with Gasteiger partial charge in [-0.2, -0.15) is 0 Å². The summed E-state index contributed by atoms with van der Waals surface area (Å²) in [6.07, 6.45) is 9.75. The Morgan fingerprint density at radius 2 is 1.61 bits per heavy atom. The highest BCUT2D eigenvalue weighted by atomic mass is 16.5. The van der Waals surface area contributed by atoms with Crippen molar-refractivity contribution in [2.75, 3.05) is 7.11 Å². The number of carboxylic acids is 1. The number of hydrogen-bond donors (Lipinski definition) is 1. The van der Waals surface area contributed by atoms with Gasteiger partial charge in [0, 0.05) is 12.5 Å². The van der Waals surface area contributed by atoms with Crippen LogP contribution in [0.4, 0.5) is 0 Å². The lowest BCUT2D eigenvalue weighted by Crippen LogP contribution is -1.93. The third kappa shape index (κ3) is 20.1. The van der Waals surface area contributed by atoms with Crippen LogP contribution in [0.2, 0.25) is 0 Å². The van der Waals surface area contributed by atoms with Crippen molar-refractivity contribution in [2.45, 2.75) is 58.3 Å². The molecule has 4 nitrogen and oxygen atoms in total. The normalized spacial score (nSPS) is 9.00. The number of unbranched alkanes of at least 4 members (excludes halogenated alkanes) is 6. The predicted molar refractivity (Wildman–Crippen MR) is 72.5 cm³/mol. The first-order valence-electron chi connectivity index (χ1n) is 6.50. The van der Waals surface area contributed by atoms with Crippen LogP contribution < -0.4 is 0 Å². The number of aliphatic carboxylic acids is 1. The van der Waals surface area contributed by atoms with Gasteiger partial charge < -0.3 is 9.84 Å². The number of hydrogen-bond acceptors (Lipinski definition) is 3. The minimum Gasteiger partial charge on any atom is -0.481 e. The van der Waals surface area contributed by atoms with Gasteiger partial charge in [0.2, 0.25) is 0 Å². The second-order valence-corrected chi connectivity index (χ2v) is 3.99. The van der Waals surface area contributed by atoms with Crippen LogP contribution in [-0.2, 0) is 14.3 Å². The SMILES string of the molecule is C=CC(=O)OC.CCCCCCCCCC(=O)O. The number of methoxy groups -OCH3 is 1. The Labute approximate surface area is 110 Å². The lowest BCUT2D eigenvalue weighted by molar-refractivity contribution is -0.137. The Balaban J connectivity index is 0. The average Bonchev–Trinajstić information content (AvgIpc) is 2.37. The minimum absolute atomic E-state index is 0.341. The summed E-state index contributed by atoms with van der Waals surface area (Å²) < 4.78 is 4.14. The Hall–Kier alpha value is -1.32. The molecule has 0 aromatic rings. The Bertz CT molecular complexity index is 224. The first kappa shape index (κ1) is 19.0. The Morgan fingerprint density at radius 1 is 1.11 bits per heavy atom. The molecule has 0 amide bonds. The van der Waals surface area contributed by atoms with Crippen molar-refractivity contribution in [3.05, 3.63) is 12.7 Å². The standard InChI is InChI=1S/C10H20O2.C4H6O2/c1-2-3-4-5-6-7-8-9-10(11)12;1-3-4(5)6-2/h2-9H2,1H3,(H,11,12);3H,1H2,2H3. The molecule has 0 unspecified atom stereocenters. The molecule has 0 spiro atoms. The highest BCUT2D eigenvalue weighted by molar-refractivity contribution is 5.80. The summed E-state index contributed by atoms with van der Waals surface area (Å²) in [7, 11) is 1.31. The van der Waals surface area contributed by atoms with Gasteiger partial charge in [-0.05, 0) is 6.42 Å². The van der Waals surface area contributed by atoms with E-state index in [1.807, 2.05) is 0 Å². The van der Waals surface area contributed by atoms with Crippen molar-refractivity contribution < 1.29 is 19.4 Å². The van der Waals surface area contributed by atoms with Crippen molar-refractivity contribution >= 4 is 11.9 Å². The third-order valence-corrected chi connectivity index (χ3v) is 2.36. The minimum atomic E-state index is -0.663. The second-order valence-electron chi connectivity index (χ2n) is 3.99. The van der Waals surface area contributed by atoms with E-state index in [1.165, 1.54) is 39.2 Å². The first-order chi connectivity index (χ1) is 8.58. The van der Waals surface area contributed by atoms with E-state index in [9.17, 15) is 9.59 Å². The lowest BCUT2D eigenvalue weighted by atomic mass is 10.1. The molecule has 106 valence electrons. The van der Waals surface area contributed by atoms with E-state index in [4.69, 9.17) is 5.11 Å². The highest BCUT2D eigenvalue weighted by Crippen LogP contribution is 2.07. The van der Waals surface area contributed by atoms with E-state index in [0.29, 0.717) is 6.42 Å². The molecule has 0 rings (SSSR count). The monoisotopic (exact) mass is 258 g/mol. The molecule has 0 aromatic carbocycles. The number of ether oxygens (including phenoxy) is 1. The third-order valence-electron chi connectivity index (χ3n) is 2.36. The fourth-order valence-corrected chi connectivity index (χ4v) is 1.32. The van der Waals surface area contributed by atoms with Gasteiger partial charge in [0.25, 0.3) is 0 Å². The maximum Gasteiger partial charge on any atom is 0.329 e. The highest BCUT2D eigenvalue weighted by Gasteiger charge is 1.95.